The highest BCUT2D eigenvalue weighted by Crippen LogP contribution is 2.29. The lowest BCUT2D eigenvalue weighted by atomic mass is 9.78. The third-order valence-electron chi connectivity index (χ3n) is 4.40. The van der Waals surface area contributed by atoms with E-state index in [-0.39, 0.29) is 22.8 Å². The Bertz CT molecular complexity index is 489. The highest BCUT2D eigenvalue weighted by Gasteiger charge is 2.28. The number of nitrogens with one attached hydrogen (secondary N) is 1. The maximum Gasteiger partial charge on any atom is 0.230 e. The minimum Gasteiger partial charge on any atom is -0.352 e. The van der Waals surface area contributed by atoms with E-state index >= 15 is 0 Å². The maximum atomic E-state index is 12.0. The van der Waals surface area contributed by atoms with Gasteiger partial charge >= 0.3 is 0 Å². The van der Waals surface area contributed by atoms with Crippen molar-refractivity contribution in [3.8, 4) is 0 Å². The fraction of sp³-hybridized carbons (Fsp3) is 0.529. The number of carbonyl (C=O) groups is 2. The monoisotopic (exact) mass is 305 g/mol. The molecule has 2 rings (SSSR count). The van der Waals surface area contributed by atoms with E-state index in [1.54, 1.807) is 12.1 Å². The Morgan fingerprint density at radius 3 is 2.62 bits per heavy atom. The van der Waals surface area contributed by atoms with Crippen molar-refractivity contribution in [2.24, 2.45) is 11.8 Å². The lowest BCUT2D eigenvalue weighted by Gasteiger charge is -2.34. The molecule has 0 radical (unpaired) electrons. The summed E-state index contributed by atoms with van der Waals surface area (Å²) in [5.41, 5.74) is 0.648. The molecular weight excluding hydrogens is 282 g/mol. The van der Waals surface area contributed by atoms with Gasteiger partial charge in [0.2, 0.25) is 11.0 Å². The van der Waals surface area contributed by atoms with E-state index in [9.17, 15) is 9.59 Å². The third-order valence-corrected chi connectivity index (χ3v) is 5.30. The van der Waals surface area contributed by atoms with E-state index in [2.05, 4.69) is 19.2 Å². The normalized spacial score (nSPS) is 25.3. The van der Waals surface area contributed by atoms with Crippen LogP contribution in [0, 0.1) is 11.8 Å². The molecule has 1 fully saturated rings. The first-order chi connectivity index (χ1) is 10.1. The zero-order valence-electron chi connectivity index (χ0n) is 12.7. The maximum absolute atomic E-state index is 12.0. The van der Waals surface area contributed by atoms with Crippen molar-refractivity contribution in [3.63, 3.8) is 0 Å². The van der Waals surface area contributed by atoms with E-state index in [0.717, 1.165) is 18.2 Å². The van der Waals surface area contributed by atoms with Gasteiger partial charge in [0.25, 0.3) is 0 Å². The average Bonchev–Trinajstić information content (AvgIpc) is 2.50. The van der Waals surface area contributed by atoms with Crippen LogP contribution < -0.4 is 5.32 Å². The second-order valence-electron chi connectivity index (χ2n) is 5.88. The predicted octanol–water partition coefficient (Wildman–Crippen LogP) is 3.50. The molecule has 1 amide bonds. The molecule has 3 unspecified atom stereocenters. The van der Waals surface area contributed by atoms with E-state index in [1.165, 1.54) is 12.8 Å². The lowest BCUT2D eigenvalue weighted by Crippen LogP contribution is -2.44. The number of benzene rings is 1. The van der Waals surface area contributed by atoms with Gasteiger partial charge < -0.3 is 5.32 Å². The molecule has 1 aliphatic carbocycles. The van der Waals surface area contributed by atoms with Crippen LogP contribution in [0.2, 0.25) is 0 Å². The first-order valence-electron chi connectivity index (χ1n) is 7.59. The third kappa shape index (κ3) is 4.60. The van der Waals surface area contributed by atoms with Crippen LogP contribution in [0.5, 0.6) is 0 Å². The van der Waals surface area contributed by atoms with Gasteiger partial charge in [-0.05, 0) is 18.3 Å². The first kappa shape index (κ1) is 16.1. The van der Waals surface area contributed by atoms with Crippen molar-refractivity contribution in [2.45, 2.75) is 39.2 Å². The summed E-state index contributed by atoms with van der Waals surface area (Å²) in [5, 5.41) is 3.05. The van der Waals surface area contributed by atoms with Gasteiger partial charge in [0.1, 0.15) is 0 Å². The SMILES string of the molecule is CC1CCCC(NC(=O)CSC(=O)c2ccccc2)C1C. The van der Waals surface area contributed by atoms with E-state index in [0.29, 0.717) is 17.4 Å². The van der Waals surface area contributed by atoms with Gasteiger partial charge in [-0.1, -0.05) is 68.8 Å². The molecule has 0 aliphatic heterocycles. The first-order valence-corrected chi connectivity index (χ1v) is 8.58. The molecule has 1 aliphatic rings. The Kier molecular flexibility index (Phi) is 5.85. The van der Waals surface area contributed by atoms with Crippen molar-refractivity contribution >= 4 is 22.8 Å². The van der Waals surface area contributed by atoms with Crippen LogP contribution in [0.25, 0.3) is 0 Å². The molecule has 0 bridgehead atoms. The number of carbonyl (C=O) groups excluding carboxylic acids is 2. The van der Waals surface area contributed by atoms with Gasteiger partial charge in [-0.25, -0.2) is 0 Å². The summed E-state index contributed by atoms with van der Waals surface area (Å²) in [6.45, 7) is 4.45. The van der Waals surface area contributed by atoms with Crippen LogP contribution in [0.3, 0.4) is 0 Å². The number of thioether (sulfide) groups is 1. The molecule has 1 aromatic rings. The molecule has 4 heteroatoms. The predicted molar refractivity (Wildman–Crippen MR) is 87.3 cm³/mol. The molecular formula is C17H23NO2S. The molecule has 0 heterocycles. The van der Waals surface area contributed by atoms with Crippen LogP contribution in [0.1, 0.15) is 43.5 Å². The zero-order chi connectivity index (χ0) is 15.2. The Morgan fingerprint density at radius 1 is 1.19 bits per heavy atom. The van der Waals surface area contributed by atoms with Gasteiger partial charge in [-0.3, -0.25) is 9.59 Å². The Labute approximate surface area is 130 Å². The lowest BCUT2D eigenvalue weighted by molar-refractivity contribution is -0.120. The molecule has 0 saturated heterocycles. The van der Waals surface area contributed by atoms with Crippen LogP contribution in [0.4, 0.5) is 0 Å². The highest BCUT2D eigenvalue weighted by atomic mass is 32.2. The standard InChI is InChI=1S/C17H23NO2S/c1-12-7-6-10-15(13(12)2)18-16(19)11-21-17(20)14-8-4-3-5-9-14/h3-5,8-9,12-13,15H,6-7,10-11H2,1-2H3,(H,18,19). The number of hydrogen-bond donors (Lipinski definition) is 1. The second-order valence-corrected chi connectivity index (χ2v) is 6.83. The Balaban J connectivity index is 1.78. The molecule has 1 aromatic carbocycles. The van der Waals surface area contributed by atoms with Crippen molar-refractivity contribution in [2.75, 3.05) is 5.75 Å². The Hall–Kier alpha value is -1.29. The molecule has 1 saturated carbocycles. The molecule has 0 spiro atoms. The highest BCUT2D eigenvalue weighted by molar-refractivity contribution is 8.14. The van der Waals surface area contributed by atoms with E-state index in [1.807, 2.05) is 18.2 Å². The summed E-state index contributed by atoms with van der Waals surface area (Å²) in [5.74, 6) is 1.33. The molecule has 1 N–H and O–H groups in total. The topological polar surface area (TPSA) is 46.2 Å². The van der Waals surface area contributed by atoms with Gasteiger partial charge in [0, 0.05) is 11.6 Å². The molecule has 3 nitrogen and oxygen atoms in total. The quantitative estimate of drug-likeness (QED) is 0.926. The van der Waals surface area contributed by atoms with Crippen molar-refractivity contribution in [1.29, 1.82) is 0 Å². The number of hydrogen-bond acceptors (Lipinski definition) is 3. The van der Waals surface area contributed by atoms with Crippen LogP contribution in [-0.4, -0.2) is 22.8 Å². The van der Waals surface area contributed by atoms with E-state index in [4.69, 9.17) is 0 Å². The minimum atomic E-state index is -0.0455. The van der Waals surface area contributed by atoms with Crippen LogP contribution in [0.15, 0.2) is 30.3 Å². The second kappa shape index (κ2) is 7.64. The molecule has 114 valence electrons. The summed E-state index contributed by atoms with van der Waals surface area (Å²) in [6.07, 6.45) is 3.47. The van der Waals surface area contributed by atoms with Crippen LogP contribution >= 0.6 is 11.8 Å². The van der Waals surface area contributed by atoms with Gasteiger partial charge in [-0.2, -0.15) is 0 Å². The molecule has 21 heavy (non-hydrogen) atoms. The molecule has 0 aromatic heterocycles. The van der Waals surface area contributed by atoms with Gasteiger partial charge in [-0.15, -0.1) is 0 Å². The summed E-state index contributed by atoms with van der Waals surface area (Å²) in [6, 6.07) is 9.35. The fourth-order valence-electron chi connectivity index (χ4n) is 2.82. The van der Waals surface area contributed by atoms with Crippen molar-refractivity contribution in [1.82, 2.24) is 5.32 Å². The zero-order valence-corrected chi connectivity index (χ0v) is 13.5. The summed E-state index contributed by atoms with van der Waals surface area (Å²) in [7, 11) is 0. The van der Waals surface area contributed by atoms with Gasteiger partial charge in [0.15, 0.2) is 0 Å². The fourth-order valence-corrected chi connectivity index (χ4v) is 3.47. The number of amides is 1. The Morgan fingerprint density at radius 2 is 1.90 bits per heavy atom. The summed E-state index contributed by atoms with van der Waals surface area (Å²) < 4.78 is 0. The van der Waals surface area contributed by atoms with Gasteiger partial charge in [0.05, 0.1) is 5.75 Å². The molecule has 3 atom stereocenters. The van der Waals surface area contributed by atoms with E-state index < -0.39 is 0 Å². The average molecular weight is 305 g/mol. The smallest absolute Gasteiger partial charge is 0.230 e. The summed E-state index contributed by atoms with van der Waals surface area (Å²) >= 11 is 1.08. The van der Waals surface area contributed by atoms with Crippen molar-refractivity contribution < 1.29 is 9.59 Å². The largest absolute Gasteiger partial charge is 0.352 e. The minimum absolute atomic E-state index is 0.0322. The summed E-state index contributed by atoms with van der Waals surface area (Å²) in [4.78, 5) is 24.0. The number of rotatable bonds is 4. The van der Waals surface area contributed by atoms with Crippen molar-refractivity contribution in [3.05, 3.63) is 35.9 Å². The van der Waals surface area contributed by atoms with Crippen LogP contribution in [-0.2, 0) is 4.79 Å².